The first-order valence-electron chi connectivity index (χ1n) is 5.26. The van der Waals surface area contributed by atoms with Gasteiger partial charge in [-0.2, -0.15) is 0 Å². The van der Waals surface area contributed by atoms with Crippen LogP contribution in [0, 0.1) is 5.82 Å². The molecule has 0 aliphatic rings. The molecule has 0 aliphatic heterocycles. The van der Waals surface area contributed by atoms with Crippen molar-refractivity contribution >= 4 is 11.4 Å². The molecule has 0 aliphatic carbocycles. The van der Waals surface area contributed by atoms with Gasteiger partial charge in [0.05, 0.1) is 5.69 Å². The van der Waals surface area contributed by atoms with Crippen LogP contribution in [-0.2, 0) is 0 Å². The first-order chi connectivity index (χ1) is 8.16. The summed E-state index contributed by atoms with van der Waals surface area (Å²) < 4.78 is 12.7. The molecule has 0 bridgehead atoms. The van der Waals surface area contributed by atoms with E-state index in [2.05, 4.69) is 4.99 Å². The Morgan fingerprint density at radius 3 is 2.35 bits per heavy atom. The largest absolute Gasteiger partial charge is 0.507 e. The van der Waals surface area contributed by atoms with Crippen LogP contribution in [0.5, 0.6) is 5.75 Å². The quantitative estimate of drug-likeness (QED) is 0.783. The Morgan fingerprint density at radius 1 is 1.06 bits per heavy atom. The van der Waals surface area contributed by atoms with Gasteiger partial charge in [0, 0.05) is 11.3 Å². The molecule has 2 nitrogen and oxygen atoms in total. The Morgan fingerprint density at radius 2 is 1.71 bits per heavy atom. The molecule has 0 radical (unpaired) electrons. The van der Waals surface area contributed by atoms with E-state index in [0.717, 1.165) is 0 Å². The summed E-state index contributed by atoms with van der Waals surface area (Å²) in [7, 11) is 0. The molecule has 2 rings (SSSR count). The van der Waals surface area contributed by atoms with Crippen molar-refractivity contribution in [2.75, 3.05) is 0 Å². The van der Waals surface area contributed by atoms with Crippen molar-refractivity contribution in [3.05, 3.63) is 59.9 Å². The van der Waals surface area contributed by atoms with E-state index in [1.165, 1.54) is 12.1 Å². The smallest absolute Gasteiger partial charge is 0.124 e. The molecular formula is C14H12FNO. The maximum atomic E-state index is 12.7. The molecule has 0 amide bonds. The lowest BCUT2D eigenvalue weighted by atomic mass is 10.1. The third-order valence-corrected chi connectivity index (χ3v) is 2.42. The van der Waals surface area contributed by atoms with Crippen LogP contribution >= 0.6 is 0 Å². The Balaban J connectivity index is 2.34. The standard InChI is InChI=1S/C14H12FNO/c1-10(13-4-2-3-5-14(13)17)16-12-8-6-11(15)7-9-12/h2-9,17H,1H3. The van der Waals surface area contributed by atoms with Crippen molar-refractivity contribution in [2.45, 2.75) is 6.92 Å². The van der Waals surface area contributed by atoms with E-state index < -0.39 is 0 Å². The molecular weight excluding hydrogens is 217 g/mol. The second-order valence-corrected chi connectivity index (χ2v) is 3.69. The summed E-state index contributed by atoms with van der Waals surface area (Å²) >= 11 is 0. The zero-order valence-corrected chi connectivity index (χ0v) is 9.39. The first-order valence-corrected chi connectivity index (χ1v) is 5.26. The summed E-state index contributed by atoms with van der Waals surface area (Å²) in [4.78, 5) is 4.32. The van der Waals surface area contributed by atoms with Crippen molar-refractivity contribution in [1.29, 1.82) is 0 Å². The lowest BCUT2D eigenvalue weighted by molar-refractivity contribution is 0.474. The number of para-hydroxylation sites is 1. The lowest BCUT2D eigenvalue weighted by Crippen LogP contribution is -1.94. The Hall–Kier alpha value is -2.16. The summed E-state index contributed by atoms with van der Waals surface area (Å²) in [5.74, 6) is -0.0972. The minimum atomic E-state index is -0.288. The molecule has 0 spiro atoms. The van der Waals surface area contributed by atoms with Crippen LogP contribution in [0.3, 0.4) is 0 Å². The lowest BCUT2D eigenvalue weighted by Gasteiger charge is -2.03. The molecule has 0 saturated heterocycles. The van der Waals surface area contributed by atoms with E-state index >= 15 is 0 Å². The Bertz CT molecular complexity index is 546. The minimum Gasteiger partial charge on any atom is -0.507 e. The number of hydrogen-bond donors (Lipinski definition) is 1. The maximum absolute atomic E-state index is 12.7. The van der Waals surface area contributed by atoms with Crippen LogP contribution in [0.4, 0.5) is 10.1 Å². The summed E-state index contributed by atoms with van der Waals surface area (Å²) in [5.41, 5.74) is 2.03. The molecule has 0 heterocycles. The topological polar surface area (TPSA) is 32.6 Å². The third kappa shape index (κ3) is 2.69. The van der Waals surface area contributed by atoms with Crippen molar-refractivity contribution in [1.82, 2.24) is 0 Å². The molecule has 86 valence electrons. The molecule has 17 heavy (non-hydrogen) atoms. The van der Waals surface area contributed by atoms with Gasteiger partial charge in [-0.1, -0.05) is 12.1 Å². The van der Waals surface area contributed by atoms with Crippen molar-refractivity contribution < 1.29 is 9.50 Å². The number of aliphatic imine (C=N–C) groups is 1. The molecule has 2 aromatic carbocycles. The van der Waals surface area contributed by atoms with Gasteiger partial charge in [-0.3, -0.25) is 4.99 Å². The minimum absolute atomic E-state index is 0.191. The third-order valence-electron chi connectivity index (χ3n) is 2.42. The van der Waals surface area contributed by atoms with Gasteiger partial charge < -0.3 is 5.11 Å². The molecule has 0 unspecified atom stereocenters. The number of phenols is 1. The summed E-state index contributed by atoms with van der Waals surface area (Å²) in [6.45, 7) is 1.80. The van der Waals surface area contributed by atoms with Gasteiger partial charge in [-0.25, -0.2) is 4.39 Å². The van der Waals surface area contributed by atoms with Gasteiger partial charge in [0.2, 0.25) is 0 Å². The predicted octanol–water partition coefficient (Wildman–Crippen LogP) is 3.67. The van der Waals surface area contributed by atoms with E-state index in [1.54, 1.807) is 37.3 Å². The number of phenolic OH excluding ortho intramolecular Hbond substituents is 1. The Kier molecular flexibility index (Phi) is 3.19. The fourth-order valence-electron chi connectivity index (χ4n) is 1.55. The average Bonchev–Trinajstić information content (AvgIpc) is 2.32. The van der Waals surface area contributed by atoms with Gasteiger partial charge >= 0.3 is 0 Å². The van der Waals surface area contributed by atoms with Gasteiger partial charge in [-0.05, 0) is 43.3 Å². The predicted molar refractivity (Wildman–Crippen MR) is 66.4 cm³/mol. The normalized spacial score (nSPS) is 11.5. The maximum Gasteiger partial charge on any atom is 0.124 e. The monoisotopic (exact) mass is 229 g/mol. The van der Waals surface area contributed by atoms with Crippen molar-refractivity contribution in [3.63, 3.8) is 0 Å². The summed E-state index contributed by atoms with van der Waals surface area (Å²) in [6.07, 6.45) is 0. The van der Waals surface area contributed by atoms with E-state index in [-0.39, 0.29) is 11.6 Å². The molecule has 0 fully saturated rings. The number of nitrogens with zero attached hydrogens (tertiary/aromatic N) is 1. The van der Waals surface area contributed by atoms with Crippen LogP contribution in [0.2, 0.25) is 0 Å². The highest BCUT2D eigenvalue weighted by molar-refractivity contribution is 6.02. The fraction of sp³-hybridized carbons (Fsp3) is 0.0714. The van der Waals surface area contributed by atoms with Crippen LogP contribution in [-0.4, -0.2) is 10.8 Å². The zero-order chi connectivity index (χ0) is 12.3. The van der Waals surface area contributed by atoms with Crippen molar-refractivity contribution in [3.8, 4) is 5.75 Å². The van der Waals surface area contributed by atoms with Gasteiger partial charge in [-0.15, -0.1) is 0 Å². The molecule has 0 saturated carbocycles. The molecule has 0 aromatic heterocycles. The van der Waals surface area contributed by atoms with E-state index in [9.17, 15) is 9.50 Å². The number of benzene rings is 2. The molecule has 0 atom stereocenters. The van der Waals surface area contributed by atoms with Crippen LogP contribution < -0.4 is 0 Å². The average molecular weight is 229 g/mol. The van der Waals surface area contributed by atoms with E-state index in [4.69, 9.17) is 0 Å². The zero-order valence-electron chi connectivity index (χ0n) is 9.39. The highest BCUT2D eigenvalue weighted by Crippen LogP contribution is 2.20. The van der Waals surface area contributed by atoms with Gasteiger partial charge in [0.15, 0.2) is 0 Å². The number of rotatable bonds is 2. The number of halogens is 1. The first kappa shape index (κ1) is 11.3. The fourth-order valence-corrected chi connectivity index (χ4v) is 1.55. The summed E-state index contributed by atoms with van der Waals surface area (Å²) in [6, 6.07) is 12.9. The van der Waals surface area contributed by atoms with Crippen LogP contribution in [0.1, 0.15) is 12.5 Å². The molecule has 3 heteroatoms. The Labute approximate surface area is 99.1 Å². The van der Waals surface area contributed by atoms with Gasteiger partial charge in [0.1, 0.15) is 11.6 Å². The van der Waals surface area contributed by atoms with Crippen LogP contribution in [0.15, 0.2) is 53.5 Å². The molecule has 2 aromatic rings. The highest BCUT2D eigenvalue weighted by atomic mass is 19.1. The van der Waals surface area contributed by atoms with E-state index in [0.29, 0.717) is 17.0 Å². The van der Waals surface area contributed by atoms with E-state index in [1.807, 2.05) is 6.07 Å². The highest BCUT2D eigenvalue weighted by Gasteiger charge is 2.03. The number of hydrogen-bond acceptors (Lipinski definition) is 2. The van der Waals surface area contributed by atoms with Crippen molar-refractivity contribution in [2.24, 2.45) is 4.99 Å². The second-order valence-electron chi connectivity index (χ2n) is 3.69. The number of aromatic hydroxyl groups is 1. The van der Waals surface area contributed by atoms with Gasteiger partial charge in [0.25, 0.3) is 0 Å². The second kappa shape index (κ2) is 4.78. The van der Waals surface area contributed by atoms with Crippen LogP contribution in [0.25, 0.3) is 0 Å². The summed E-state index contributed by atoms with van der Waals surface area (Å²) in [5, 5.41) is 9.66. The SMILES string of the molecule is CC(=Nc1ccc(F)cc1)c1ccccc1O. The molecule has 1 N–H and O–H groups in total.